The average molecular weight is 255 g/mol. The van der Waals surface area contributed by atoms with Crippen LogP contribution in [0.2, 0.25) is 0 Å². The molecule has 0 N–H and O–H groups in total. The summed E-state index contributed by atoms with van der Waals surface area (Å²) < 4.78 is 5.14. The molecule has 4 nitrogen and oxygen atoms in total. The van der Waals surface area contributed by atoms with Gasteiger partial charge in [-0.05, 0) is 28.9 Å². The lowest BCUT2D eigenvalue weighted by Gasteiger charge is -2.03. The highest BCUT2D eigenvalue weighted by molar-refractivity contribution is 9.10. The van der Waals surface area contributed by atoms with Gasteiger partial charge in [0.2, 0.25) is 0 Å². The van der Waals surface area contributed by atoms with Crippen LogP contribution in [0.4, 0.5) is 0 Å². The zero-order chi connectivity index (χ0) is 10.6. The summed E-state index contributed by atoms with van der Waals surface area (Å²) in [7, 11) is 0. The first kappa shape index (κ1) is 10.7. The Hall–Kier alpha value is -1.41. The summed E-state index contributed by atoms with van der Waals surface area (Å²) in [5.41, 5.74) is 0.494. The van der Waals surface area contributed by atoms with E-state index in [2.05, 4.69) is 20.9 Å². The van der Waals surface area contributed by atoms with Gasteiger partial charge < -0.3 is 4.74 Å². The Bertz CT molecular complexity index is 398. The van der Waals surface area contributed by atoms with Crippen molar-refractivity contribution in [1.82, 2.24) is 4.98 Å². The molecule has 0 radical (unpaired) electrons. The number of nitriles is 1. The third kappa shape index (κ3) is 2.09. The van der Waals surface area contributed by atoms with E-state index in [1.54, 1.807) is 6.92 Å². The van der Waals surface area contributed by atoms with Gasteiger partial charge in [-0.15, -0.1) is 0 Å². The van der Waals surface area contributed by atoms with Crippen LogP contribution in [0.3, 0.4) is 0 Å². The Kier molecular flexibility index (Phi) is 3.60. The molecule has 0 saturated heterocycles. The first-order valence-electron chi connectivity index (χ1n) is 3.92. The third-order valence-corrected chi connectivity index (χ3v) is 2.28. The summed E-state index contributed by atoms with van der Waals surface area (Å²) in [5.74, 6) is -0.531. The number of esters is 1. The van der Waals surface area contributed by atoms with Crippen LogP contribution >= 0.6 is 15.9 Å². The van der Waals surface area contributed by atoms with E-state index >= 15 is 0 Å². The van der Waals surface area contributed by atoms with Gasteiger partial charge in [0.15, 0.2) is 5.69 Å². The summed E-state index contributed by atoms with van der Waals surface area (Å²) in [5, 5.41) is 8.69. The maximum Gasteiger partial charge on any atom is 0.358 e. The lowest BCUT2D eigenvalue weighted by atomic mass is 10.2. The molecule has 0 amide bonds. The predicted molar refractivity (Wildman–Crippen MR) is 52.6 cm³/mol. The third-order valence-electron chi connectivity index (χ3n) is 1.48. The number of halogens is 1. The molecule has 0 aliphatic carbocycles. The van der Waals surface area contributed by atoms with Crippen LogP contribution in [-0.4, -0.2) is 17.6 Å². The maximum absolute atomic E-state index is 11.3. The largest absolute Gasteiger partial charge is 0.461 e. The summed E-state index contributed by atoms with van der Waals surface area (Å²) in [6, 6.07) is 3.46. The number of hydrogen-bond acceptors (Lipinski definition) is 4. The van der Waals surface area contributed by atoms with Gasteiger partial charge in [0.05, 0.1) is 16.6 Å². The second kappa shape index (κ2) is 4.72. The molecule has 5 heteroatoms. The number of nitrogens with zero attached hydrogens (tertiary/aromatic N) is 2. The van der Waals surface area contributed by atoms with E-state index in [0.29, 0.717) is 10.0 Å². The average Bonchev–Trinajstić information content (AvgIpc) is 2.18. The molecule has 0 bridgehead atoms. The molecule has 1 heterocycles. The second-order valence-electron chi connectivity index (χ2n) is 2.35. The monoisotopic (exact) mass is 254 g/mol. The van der Waals surface area contributed by atoms with E-state index in [9.17, 15) is 4.79 Å². The van der Waals surface area contributed by atoms with Gasteiger partial charge in [-0.2, -0.15) is 5.26 Å². The fourth-order valence-corrected chi connectivity index (χ4v) is 1.36. The van der Waals surface area contributed by atoms with Crippen molar-refractivity contribution in [2.24, 2.45) is 0 Å². The first-order valence-corrected chi connectivity index (χ1v) is 4.71. The topological polar surface area (TPSA) is 63.0 Å². The van der Waals surface area contributed by atoms with Gasteiger partial charge in [0, 0.05) is 6.20 Å². The highest BCUT2D eigenvalue weighted by Gasteiger charge is 2.15. The zero-order valence-corrected chi connectivity index (χ0v) is 9.04. The Labute approximate surface area is 89.6 Å². The second-order valence-corrected chi connectivity index (χ2v) is 3.15. The van der Waals surface area contributed by atoms with Gasteiger partial charge in [0.1, 0.15) is 6.07 Å². The number of pyridine rings is 1. The number of hydrogen-bond donors (Lipinski definition) is 0. The highest BCUT2D eigenvalue weighted by atomic mass is 79.9. The number of carbonyl (C=O) groups is 1. The van der Waals surface area contributed by atoms with Gasteiger partial charge in [0.25, 0.3) is 0 Å². The van der Waals surface area contributed by atoms with Crippen molar-refractivity contribution in [3.63, 3.8) is 0 Å². The van der Waals surface area contributed by atoms with Crippen LogP contribution in [-0.2, 0) is 4.74 Å². The lowest BCUT2D eigenvalue weighted by Crippen LogP contribution is -2.08. The minimum Gasteiger partial charge on any atom is -0.461 e. The smallest absolute Gasteiger partial charge is 0.358 e. The maximum atomic E-state index is 11.3. The molecule has 0 atom stereocenters. The van der Waals surface area contributed by atoms with E-state index in [1.807, 2.05) is 6.07 Å². The molecule has 0 spiro atoms. The quantitative estimate of drug-likeness (QED) is 0.757. The van der Waals surface area contributed by atoms with Gasteiger partial charge in [-0.3, -0.25) is 0 Å². The molecule has 1 aromatic heterocycles. The van der Waals surface area contributed by atoms with Crippen molar-refractivity contribution in [1.29, 1.82) is 5.26 Å². The standard InChI is InChI=1S/C9H7BrN2O2/c1-2-14-9(13)8-7(10)6(5-11)3-4-12-8/h3-4H,2H2,1H3. The molecular formula is C9H7BrN2O2. The van der Waals surface area contributed by atoms with Crippen LogP contribution in [0.25, 0.3) is 0 Å². The van der Waals surface area contributed by atoms with Gasteiger partial charge in [-0.1, -0.05) is 0 Å². The molecule has 0 fully saturated rings. The lowest BCUT2D eigenvalue weighted by molar-refractivity contribution is 0.0518. The summed E-state index contributed by atoms with van der Waals surface area (Å²) in [6.45, 7) is 1.99. The van der Waals surface area contributed by atoms with E-state index in [-0.39, 0.29) is 12.3 Å². The fraction of sp³-hybridized carbons (Fsp3) is 0.222. The van der Waals surface area contributed by atoms with Gasteiger partial charge >= 0.3 is 5.97 Å². The van der Waals surface area contributed by atoms with Crippen molar-refractivity contribution in [3.05, 3.63) is 28.0 Å². The number of ether oxygens (including phenoxy) is 1. The minimum absolute atomic E-state index is 0.130. The minimum atomic E-state index is -0.531. The number of rotatable bonds is 2. The summed E-state index contributed by atoms with van der Waals surface area (Å²) in [4.78, 5) is 15.1. The van der Waals surface area contributed by atoms with Crippen LogP contribution in [0.1, 0.15) is 23.0 Å². The van der Waals surface area contributed by atoms with Gasteiger partial charge in [-0.25, -0.2) is 9.78 Å². The Morgan fingerprint density at radius 3 is 3.07 bits per heavy atom. The van der Waals surface area contributed by atoms with Crippen LogP contribution in [0.5, 0.6) is 0 Å². The molecule has 0 aromatic carbocycles. The molecular weight excluding hydrogens is 248 g/mol. The molecule has 1 rings (SSSR count). The number of aromatic nitrogens is 1. The number of carbonyl (C=O) groups excluding carboxylic acids is 1. The SMILES string of the molecule is CCOC(=O)c1nccc(C#N)c1Br. The van der Waals surface area contributed by atoms with Crippen LogP contribution in [0, 0.1) is 11.3 Å². The molecule has 0 aliphatic heterocycles. The molecule has 0 aliphatic rings. The van der Waals surface area contributed by atoms with E-state index in [0.717, 1.165) is 0 Å². The van der Waals surface area contributed by atoms with Crippen LogP contribution in [0.15, 0.2) is 16.7 Å². The molecule has 0 saturated carbocycles. The van der Waals surface area contributed by atoms with Crippen molar-refractivity contribution >= 4 is 21.9 Å². The molecule has 72 valence electrons. The summed E-state index contributed by atoms with van der Waals surface area (Å²) in [6.07, 6.45) is 1.40. The van der Waals surface area contributed by atoms with Crippen molar-refractivity contribution in [3.8, 4) is 6.07 Å². The van der Waals surface area contributed by atoms with E-state index < -0.39 is 5.97 Å². The molecule has 14 heavy (non-hydrogen) atoms. The first-order chi connectivity index (χ1) is 6.70. The molecule has 0 unspecified atom stereocenters. The summed E-state index contributed by atoms with van der Waals surface area (Å²) >= 11 is 3.13. The Balaban J connectivity index is 3.11. The van der Waals surface area contributed by atoms with Crippen LogP contribution < -0.4 is 0 Å². The Morgan fingerprint density at radius 2 is 2.50 bits per heavy atom. The van der Waals surface area contributed by atoms with E-state index in [4.69, 9.17) is 10.00 Å². The van der Waals surface area contributed by atoms with Crippen molar-refractivity contribution in [2.45, 2.75) is 6.92 Å². The predicted octanol–water partition coefficient (Wildman–Crippen LogP) is 1.89. The Morgan fingerprint density at radius 1 is 1.79 bits per heavy atom. The molecule has 1 aromatic rings. The normalized spacial score (nSPS) is 9.21. The zero-order valence-electron chi connectivity index (χ0n) is 7.45. The van der Waals surface area contributed by atoms with E-state index in [1.165, 1.54) is 12.3 Å². The van der Waals surface area contributed by atoms with Crippen molar-refractivity contribution < 1.29 is 9.53 Å². The highest BCUT2D eigenvalue weighted by Crippen LogP contribution is 2.19. The fourth-order valence-electron chi connectivity index (χ4n) is 0.872. The van der Waals surface area contributed by atoms with Crippen molar-refractivity contribution in [2.75, 3.05) is 6.61 Å².